The maximum absolute atomic E-state index is 8.99. The Bertz CT molecular complexity index is 394. The Morgan fingerprint density at radius 2 is 2.11 bits per heavy atom. The molecular weight excluding hydrogens is 242 g/mol. The van der Waals surface area contributed by atoms with Gasteiger partial charge in [0.15, 0.2) is 5.82 Å². The van der Waals surface area contributed by atoms with Gasteiger partial charge in [-0.15, -0.1) is 0 Å². The standard InChI is InChI=1S/C14H25N3O2/c1-14(2,3)10-17(7-4-8-18)9-12-15-13(19-16-12)11-5-6-11/h11,18H,4-10H2,1-3H3. The fourth-order valence-electron chi connectivity index (χ4n) is 2.21. The second-order valence-corrected chi connectivity index (χ2v) is 6.67. The van der Waals surface area contributed by atoms with Crippen LogP contribution in [0.3, 0.4) is 0 Å². The molecule has 5 heteroatoms. The van der Waals surface area contributed by atoms with Crippen LogP contribution in [0.4, 0.5) is 0 Å². The lowest BCUT2D eigenvalue weighted by atomic mass is 9.96. The predicted octanol–water partition coefficient (Wildman–Crippen LogP) is 2.18. The zero-order valence-electron chi connectivity index (χ0n) is 12.2. The first-order valence-electron chi connectivity index (χ1n) is 7.13. The van der Waals surface area contributed by atoms with Gasteiger partial charge in [-0.2, -0.15) is 4.98 Å². The molecular formula is C14H25N3O2. The van der Waals surface area contributed by atoms with Crippen LogP contribution in [0, 0.1) is 5.41 Å². The highest BCUT2D eigenvalue weighted by Crippen LogP contribution is 2.38. The molecule has 0 bridgehead atoms. The van der Waals surface area contributed by atoms with Gasteiger partial charge in [0.25, 0.3) is 0 Å². The van der Waals surface area contributed by atoms with Gasteiger partial charge in [-0.05, 0) is 24.7 Å². The SMILES string of the molecule is CC(C)(C)CN(CCCO)Cc1noc(C2CC2)n1. The summed E-state index contributed by atoms with van der Waals surface area (Å²) in [4.78, 5) is 6.76. The highest BCUT2D eigenvalue weighted by molar-refractivity contribution is 5.01. The number of aliphatic hydroxyl groups is 1. The number of aliphatic hydroxyl groups excluding tert-OH is 1. The van der Waals surface area contributed by atoms with Crippen molar-refractivity contribution in [1.29, 1.82) is 0 Å². The quantitative estimate of drug-likeness (QED) is 0.820. The van der Waals surface area contributed by atoms with Crippen LogP contribution >= 0.6 is 0 Å². The number of hydrogen-bond acceptors (Lipinski definition) is 5. The van der Waals surface area contributed by atoms with Crippen molar-refractivity contribution < 1.29 is 9.63 Å². The van der Waals surface area contributed by atoms with E-state index < -0.39 is 0 Å². The monoisotopic (exact) mass is 267 g/mol. The van der Waals surface area contributed by atoms with E-state index in [4.69, 9.17) is 9.63 Å². The van der Waals surface area contributed by atoms with Crippen molar-refractivity contribution in [1.82, 2.24) is 15.0 Å². The normalized spacial score (nSPS) is 16.3. The molecule has 2 rings (SSSR count). The molecule has 1 aromatic heterocycles. The van der Waals surface area contributed by atoms with Crippen molar-refractivity contribution in [2.45, 2.75) is 52.5 Å². The van der Waals surface area contributed by atoms with Gasteiger partial charge in [0.1, 0.15) is 0 Å². The van der Waals surface area contributed by atoms with Crippen LogP contribution in [-0.2, 0) is 6.54 Å². The smallest absolute Gasteiger partial charge is 0.229 e. The van der Waals surface area contributed by atoms with Crippen LogP contribution in [0.1, 0.15) is 57.7 Å². The van der Waals surface area contributed by atoms with E-state index in [1.165, 1.54) is 12.8 Å². The van der Waals surface area contributed by atoms with Crippen molar-refractivity contribution in [2.75, 3.05) is 19.7 Å². The zero-order chi connectivity index (χ0) is 13.9. The molecule has 1 aliphatic rings. The van der Waals surface area contributed by atoms with E-state index in [1.54, 1.807) is 0 Å². The molecule has 0 saturated heterocycles. The van der Waals surface area contributed by atoms with Gasteiger partial charge in [0.2, 0.25) is 5.89 Å². The van der Waals surface area contributed by atoms with E-state index in [0.29, 0.717) is 12.5 Å². The van der Waals surface area contributed by atoms with Gasteiger partial charge < -0.3 is 9.63 Å². The highest BCUT2D eigenvalue weighted by Gasteiger charge is 2.30. The third kappa shape index (κ3) is 4.91. The van der Waals surface area contributed by atoms with E-state index in [-0.39, 0.29) is 12.0 Å². The number of hydrogen-bond donors (Lipinski definition) is 1. The molecule has 19 heavy (non-hydrogen) atoms. The second kappa shape index (κ2) is 6.01. The minimum atomic E-state index is 0.221. The molecule has 0 atom stereocenters. The summed E-state index contributed by atoms with van der Waals surface area (Å²) in [6, 6.07) is 0. The zero-order valence-corrected chi connectivity index (χ0v) is 12.2. The summed E-state index contributed by atoms with van der Waals surface area (Å²) in [7, 11) is 0. The first kappa shape index (κ1) is 14.5. The lowest BCUT2D eigenvalue weighted by molar-refractivity contribution is 0.161. The van der Waals surface area contributed by atoms with Crippen LogP contribution < -0.4 is 0 Å². The molecule has 1 aromatic rings. The van der Waals surface area contributed by atoms with Gasteiger partial charge in [0.05, 0.1) is 6.54 Å². The molecule has 108 valence electrons. The third-order valence-electron chi connectivity index (χ3n) is 3.11. The Labute approximate surface area is 115 Å². The third-order valence-corrected chi connectivity index (χ3v) is 3.11. The lowest BCUT2D eigenvalue weighted by Gasteiger charge is -2.28. The van der Waals surface area contributed by atoms with Crippen molar-refractivity contribution >= 4 is 0 Å². The summed E-state index contributed by atoms with van der Waals surface area (Å²) in [5, 5.41) is 13.1. The molecule has 1 aliphatic carbocycles. The van der Waals surface area contributed by atoms with Crippen molar-refractivity contribution in [3.05, 3.63) is 11.7 Å². The van der Waals surface area contributed by atoms with Gasteiger partial charge in [-0.25, -0.2) is 0 Å². The molecule has 0 amide bonds. The lowest BCUT2D eigenvalue weighted by Crippen LogP contribution is -2.33. The van der Waals surface area contributed by atoms with Gasteiger partial charge in [-0.1, -0.05) is 25.9 Å². The summed E-state index contributed by atoms with van der Waals surface area (Å²) in [6.07, 6.45) is 3.14. The summed E-state index contributed by atoms with van der Waals surface area (Å²) in [5.41, 5.74) is 0.221. The topological polar surface area (TPSA) is 62.4 Å². The number of aromatic nitrogens is 2. The van der Waals surface area contributed by atoms with E-state index in [2.05, 4.69) is 35.8 Å². The second-order valence-electron chi connectivity index (χ2n) is 6.67. The molecule has 0 aromatic carbocycles. The summed E-state index contributed by atoms with van der Waals surface area (Å²) in [5.74, 6) is 2.08. The van der Waals surface area contributed by atoms with Crippen molar-refractivity contribution in [2.24, 2.45) is 5.41 Å². The molecule has 5 nitrogen and oxygen atoms in total. The van der Waals surface area contributed by atoms with Gasteiger partial charge in [0, 0.05) is 25.6 Å². The van der Waals surface area contributed by atoms with E-state index >= 15 is 0 Å². The average Bonchev–Trinajstić information content (AvgIpc) is 3.06. The first-order chi connectivity index (χ1) is 8.98. The molecule has 1 saturated carbocycles. The largest absolute Gasteiger partial charge is 0.396 e. The van der Waals surface area contributed by atoms with Gasteiger partial charge >= 0.3 is 0 Å². The Balaban J connectivity index is 1.92. The molecule has 1 N–H and O–H groups in total. The van der Waals surface area contributed by atoms with E-state index in [9.17, 15) is 0 Å². The van der Waals surface area contributed by atoms with Crippen molar-refractivity contribution in [3.8, 4) is 0 Å². The molecule has 0 unspecified atom stereocenters. The van der Waals surface area contributed by atoms with Gasteiger partial charge in [-0.3, -0.25) is 4.90 Å². The molecule has 0 spiro atoms. The average molecular weight is 267 g/mol. The maximum Gasteiger partial charge on any atom is 0.229 e. The number of rotatable bonds is 7. The fourth-order valence-corrected chi connectivity index (χ4v) is 2.21. The predicted molar refractivity (Wildman–Crippen MR) is 72.7 cm³/mol. The molecule has 1 heterocycles. The minimum Gasteiger partial charge on any atom is -0.396 e. The number of nitrogens with zero attached hydrogens (tertiary/aromatic N) is 3. The molecule has 0 radical (unpaired) electrons. The van der Waals surface area contributed by atoms with E-state index in [1.807, 2.05) is 0 Å². The molecule has 1 fully saturated rings. The fraction of sp³-hybridized carbons (Fsp3) is 0.857. The van der Waals surface area contributed by atoms with Crippen LogP contribution in [-0.4, -0.2) is 39.8 Å². The van der Waals surface area contributed by atoms with Crippen molar-refractivity contribution in [3.63, 3.8) is 0 Å². The Kier molecular flexibility index (Phi) is 4.58. The van der Waals surface area contributed by atoms with Crippen LogP contribution in [0.25, 0.3) is 0 Å². The Morgan fingerprint density at radius 3 is 2.68 bits per heavy atom. The summed E-state index contributed by atoms with van der Waals surface area (Å²) < 4.78 is 5.29. The maximum atomic E-state index is 8.99. The first-order valence-corrected chi connectivity index (χ1v) is 7.13. The van der Waals surface area contributed by atoms with E-state index in [0.717, 1.165) is 31.2 Å². The summed E-state index contributed by atoms with van der Waals surface area (Å²) in [6.45, 7) is 9.38. The molecule has 0 aliphatic heterocycles. The highest BCUT2D eigenvalue weighted by atomic mass is 16.5. The Hall–Kier alpha value is -0.940. The Morgan fingerprint density at radius 1 is 1.37 bits per heavy atom. The summed E-state index contributed by atoms with van der Waals surface area (Å²) >= 11 is 0. The van der Waals surface area contributed by atoms with Crippen LogP contribution in [0.5, 0.6) is 0 Å². The van der Waals surface area contributed by atoms with Crippen LogP contribution in [0.2, 0.25) is 0 Å². The van der Waals surface area contributed by atoms with Crippen LogP contribution in [0.15, 0.2) is 4.52 Å². The minimum absolute atomic E-state index is 0.221.